The van der Waals surface area contributed by atoms with Gasteiger partial charge in [-0.15, -0.1) is 0 Å². The molecule has 1 aliphatic heterocycles. The molecule has 2 aliphatic rings. The van der Waals surface area contributed by atoms with Crippen LogP contribution >= 0.6 is 0 Å². The van der Waals surface area contributed by atoms with Gasteiger partial charge >= 0.3 is 0 Å². The molecule has 2 aromatic carbocycles. The number of ether oxygens (including phenoxy) is 2. The Morgan fingerprint density at radius 1 is 1.00 bits per heavy atom. The number of hydrogen-bond donors (Lipinski definition) is 0. The maximum atomic E-state index is 6.65. The van der Waals surface area contributed by atoms with E-state index in [0.29, 0.717) is 6.04 Å². The van der Waals surface area contributed by atoms with Crippen LogP contribution < -0.4 is 4.74 Å². The highest BCUT2D eigenvalue weighted by Gasteiger charge is 2.35. The molecule has 0 N–H and O–H groups in total. The first-order chi connectivity index (χ1) is 13.4. The zero-order chi connectivity index (χ0) is 18.1. The third-order valence-electron chi connectivity index (χ3n) is 5.81. The third-order valence-corrected chi connectivity index (χ3v) is 5.81. The summed E-state index contributed by atoms with van der Waals surface area (Å²) in [5, 5.41) is 2.30. The van der Waals surface area contributed by atoms with Gasteiger partial charge in [0, 0.05) is 30.9 Å². The SMILES string of the molecule is c1ccc2c(c1)CC[C@H](N1CCOCC1)[C@H]2Oc1ccc2ccncc2c1. The van der Waals surface area contributed by atoms with Crippen LogP contribution in [-0.4, -0.2) is 42.2 Å². The van der Waals surface area contributed by atoms with E-state index in [2.05, 4.69) is 52.3 Å². The highest BCUT2D eigenvalue weighted by Crippen LogP contribution is 2.37. The van der Waals surface area contributed by atoms with Crippen molar-refractivity contribution in [3.63, 3.8) is 0 Å². The minimum atomic E-state index is 0.0437. The van der Waals surface area contributed by atoms with Crippen molar-refractivity contribution in [2.75, 3.05) is 26.3 Å². The Hall–Kier alpha value is -2.43. The fourth-order valence-electron chi connectivity index (χ4n) is 4.41. The van der Waals surface area contributed by atoms with E-state index in [9.17, 15) is 0 Å². The third kappa shape index (κ3) is 3.31. The Labute approximate surface area is 159 Å². The lowest BCUT2D eigenvalue weighted by Gasteiger charge is -2.42. The zero-order valence-corrected chi connectivity index (χ0v) is 15.4. The number of aryl methyl sites for hydroxylation is 1. The monoisotopic (exact) mass is 360 g/mol. The van der Waals surface area contributed by atoms with Crippen LogP contribution in [0.5, 0.6) is 5.75 Å². The first-order valence-electron chi connectivity index (χ1n) is 9.78. The lowest BCUT2D eigenvalue weighted by atomic mass is 9.84. The van der Waals surface area contributed by atoms with Crippen LogP contribution in [-0.2, 0) is 11.2 Å². The first kappa shape index (κ1) is 16.7. The van der Waals surface area contributed by atoms with Gasteiger partial charge in [-0.3, -0.25) is 9.88 Å². The minimum Gasteiger partial charge on any atom is -0.484 e. The quantitative estimate of drug-likeness (QED) is 0.707. The zero-order valence-electron chi connectivity index (χ0n) is 15.4. The minimum absolute atomic E-state index is 0.0437. The molecule has 0 radical (unpaired) electrons. The Morgan fingerprint density at radius 3 is 2.81 bits per heavy atom. The summed E-state index contributed by atoms with van der Waals surface area (Å²) in [7, 11) is 0. The maximum Gasteiger partial charge on any atom is 0.139 e. The van der Waals surface area contributed by atoms with Crippen molar-refractivity contribution in [1.29, 1.82) is 0 Å². The molecule has 2 atom stereocenters. The molecule has 4 heteroatoms. The average Bonchev–Trinajstić information content (AvgIpc) is 2.74. The van der Waals surface area contributed by atoms with Crippen molar-refractivity contribution in [3.8, 4) is 5.75 Å². The molecule has 4 nitrogen and oxygen atoms in total. The van der Waals surface area contributed by atoms with Gasteiger partial charge in [-0.2, -0.15) is 0 Å². The molecule has 2 heterocycles. The topological polar surface area (TPSA) is 34.6 Å². The molecule has 1 fully saturated rings. The summed E-state index contributed by atoms with van der Waals surface area (Å²) >= 11 is 0. The van der Waals surface area contributed by atoms with Crippen LogP contribution in [0.3, 0.4) is 0 Å². The number of pyridine rings is 1. The highest BCUT2D eigenvalue weighted by molar-refractivity contribution is 5.82. The lowest BCUT2D eigenvalue weighted by molar-refractivity contribution is -0.0214. The van der Waals surface area contributed by atoms with E-state index in [1.807, 2.05) is 18.5 Å². The van der Waals surface area contributed by atoms with Gasteiger partial charge in [0.05, 0.1) is 19.3 Å². The van der Waals surface area contributed by atoms with Gasteiger partial charge in [0.1, 0.15) is 11.9 Å². The van der Waals surface area contributed by atoms with E-state index < -0.39 is 0 Å². The van der Waals surface area contributed by atoms with Crippen molar-refractivity contribution >= 4 is 10.8 Å². The smallest absolute Gasteiger partial charge is 0.139 e. The Balaban J connectivity index is 1.50. The van der Waals surface area contributed by atoms with Gasteiger partial charge in [-0.25, -0.2) is 0 Å². The van der Waals surface area contributed by atoms with Crippen molar-refractivity contribution < 1.29 is 9.47 Å². The van der Waals surface area contributed by atoms with E-state index in [1.54, 1.807) is 0 Å². The Bertz CT molecular complexity index is 936. The van der Waals surface area contributed by atoms with Gasteiger partial charge in [0.15, 0.2) is 0 Å². The summed E-state index contributed by atoms with van der Waals surface area (Å²) in [4.78, 5) is 6.80. The Kier molecular flexibility index (Phi) is 4.52. The van der Waals surface area contributed by atoms with Crippen molar-refractivity contribution in [2.24, 2.45) is 0 Å². The van der Waals surface area contributed by atoms with Crippen LogP contribution in [0.15, 0.2) is 60.9 Å². The van der Waals surface area contributed by atoms with Crippen molar-refractivity contribution in [3.05, 3.63) is 72.1 Å². The number of rotatable bonds is 3. The van der Waals surface area contributed by atoms with Gasteiger partial charge in [-0.1, -0.05) is 30.3 Å². The molecule has 0 saturated carbocycles. The first-order valence-corrected chi connectivity index (χ1v) is 9.78. The summed E-state index contributed by atoms with van der Waals surface area (Å²) in [5.41, 5.74) is 2.74. The van der Waals surface area contributed by atoms with Crippen LogP contribution in [0.4, 0.5) is 0 Å². The predicted octanol–water partition coefficient (Wildman–Crippen LogP) is 4.00. The van der Waals surface area contributed by atoms with Crippen LogP contribution in [0.2, 0.25) is 0 Å². The van der Waals surface area contributed by atoms with Crippen LogP contribution in [0, 0.1) is 0 Å². The van der Waals surface area contributed by atoms with Crippen molar-refractivity contribution in [2.45, 2.75) is 25.0 Å². The molecule has 0 spiro atoms. The van der Waals surface area contributed by atoms with E-state index >= 15 is 0 Å². The number of aromatic nitrogens is 1. The summed E-state index contributed by atoms with van der Waals surface area (Å²) in [6.07, 6.45) is 6.00. The highest BCUT2D eigenvalue weighted by atomic mass is 16.5. The number of hydrogen-bond acceptors (Lipinski definition) is 4. The molecule has 5 rings (SSSR count). The van der Waals surface area contributed by atoms with E-state index in [-0.39, 0.29) is 6.10 Å². The Morgan fingerprint density at radius 2 is 1.89 bits per heavy atom. The van der Waals surface area contributed by atoms with Gasteiger partial charge in [-0.05, 0) is 47.6 Å². The normalized spacial score (nSPS) is 23.1. The van der Waals surface area contributed by atoms with Gasteiger partial charge < -0.3 is 9.47 Å². The molecule has 3 aromatic rings. The molecule has 1 aromatic heterocycles. The number of nitrogens with zero attached hydrogens (tertiary/aromatic N) is 2. The van der Waals surface area contributed by atoms with Gasteiger partial charge in [0.25, 0.3) is 0 Å². The number of morpholine rings is 1. The molecule has 1 saturated heterocycles. The molecular formula is C23H24N2O2. The lowest BCUT2D eigenvalue weighted by Crippen LogP contribution is -2.49. The summed E-state index contributed by atoms with van der Waals surface area (Å²) in [6.45, 7) is 3.59. The van der Waals surface area contributed by atoms with Crippen molar-refractivity contribution in [1.82, 2.24) is 9.88 Å². The molecule has 1 aliphatic carbocycles. The second-order valence-electron chi connectivity index (χ2n) is 7.38. The summed E-state index contributed by atoms with van der Waals surface area (Å²) in [5.74, 6) is 0.912. The van der Waals surface area contributed by atoms with Crippen LogP contribution in [0.1, 0.15) is 23.7 Å². The maximum absolute atomic E-state index is 6.65. The molecular weight excluding hydrogens is 336 g/mol. The standard InChI is InChI=1S/C23H24N2O2/c1-2-4-21-18(3-1)6-8-22(25-11-13-26-14-12-25)23(21)27-20-7-5-17-9-10-24-16-19(17)15-20/h1-5,7,9-10,15-16,22-23H,6,8,11-14H2/t22-,23-/m0/s1. The van der Waals surface area contributed by atoms with E-state index in [1.165, 1.54) is 16.5 Å². The molecule has 0 amide bonds. The molecule has 0 bridgehead atoms. The predicted molar refractivity (Wildman–Crippen MR) is 106 cm³/mol. The molecule has 27 heavy (non-hydrogen) atoms. The fraction of sp³-hybridized carbons (Fsp3) is 0.348. The molecule has 138 valence electrons. The van der Waals surface area contributed by atoms with E-state index in [4.69, 9.17) is 9.47 Å². The number of benzene rings is 2. The second-order valence-corrected chi connectivity index (χ2v) is 7.38. The van der Waals surface area contributed by atoms with E-state index in [0.717, 1.165) is 50.3 Å². The summed E-state index contributed by atoms with van der Waals surface area (Å²) < 4.78 is 12.2. The van der Waals surface area contributed by atoms with Gasteiger partial charge in [0.2, 0.25) is 0 Å². The van der Waals surface area contributed by atoms with Crippen LogP contribution in [0.25, 0.3) is 10.8 Å². The summed E-state index contributed by atoms with van der Waals surface area (Å²) in [6, 6.07) is 17.4. The number of fused-ring (bicyclic) bond motifs is 2. The second kappa shape index (κ2) is 7.29. The largest absolute Gasteiger partial charge is 0.484 e. The average molecular weight is 360 g/mol. The fourth-order valence-corrected chi connectivity index (χ4v) is 4.41. The molecule has 0 unspecified atom stereocenters.